The molecule has 0 saturated carbocycles. The molecule has 6 atom stereocenters. The second-order valence-electron chi connectivity index (χ2n) is 23.4. The molecule has 488 valence electrons. The molecule has 1 heterocycles. The van der Waals surface area contributed by atoms with Crippen LogP contribution in [0, 0.1) is 0 Å². The first kappa shape index (κ1) is 78.9. The molecule has 1 aliphatic rings. The molecule has 1 rings (SSSR count). The first-order valence-electron chi connectivity index (χ1n) is 34.6. The van der Waals surface area contributed by atoms with E-state index in [1.807, 2.05) is 0 Å². The molecule has 0 aromatic carbocycles. The van der Waals surface area contributed by atoms with Gasteiger partial charge in [-0.1, -0.05) is 273 Å². The van der Waals surface area contributed by atoms with Gasteiger partial charge in [-0.15, -0.1) is 0 Å². The fourth-order valence-electron chi connectivity index (χ4n) is 10.2. The van der Waals surface area contributed by atoms with Gasteiger partial charge in [0.2, 0.25) is 0 Å². The van der Waals surface area contributed by atoms with E-state index in [0.29, 0.717) is 19.3 Å². The summed E-state index contributed by atoms with van der Waals surface area (Å²) in [5.41, 5.74) is 0. The first-order valence-corrected chi connectivity index (χ1v) is 34.6. The molecular weight excluding hydrogens is 1070 g/mol. The van der Waals surface area contributed by atoms with Crippen LogP contribution in [0.25, 0.3) is 0 Å². The van der Waals surface area contributed by atoms with Crippen molar-refractivity contribution in [1.82, 2.24) is 0 Å². The molecule has 0 radical (unpaired) electrons. The summed E-state index contributed by atoms with van der Waals surface area (Å²) in [6, 6.07) is 0. The van der Waals surface area contributed by atoms with Crippen LogP contribution in [0.15, 0.2) is 85.1 Å². The Morgan fingerprint density at radius 2 is 0.741 bits per heavy atom. The van der Waals surface area contributed by atoms with E-state index in [-0.39, 0.29) is 25.9 Å². The van der Waals surface area contributed by atoms with Gasteiger partial charge in [-0.3, -0.25) is 14.4 Å². The maximum absolute atomic E-state index is 13.2. The van der Waals surface area contributed by atoms with Gasteiger partial charge in [-0.05, 0) is 96.3 Å². The summed E-state index contributed by atoms with van der Waals surface area (Å²) in [7, 11) is 0. The number of carboxylic acid groups (broad SMARTS) is 1. The average Bonchev–Trinajstić information content (AvgIpc) is 3.53. The Kier molecular flexibility index (Phi) is 55.9. The van der Waals surface area contributed by atoms with Crippen molar-refractivity contribution in [2.45, 2.75) is 340 Å². The van der Waals surface area contributed by atoms with Gasteiger partial charge in [0.1, 0.15) is 18.8 Å². The molecule has 0 aliphatic carbocycles. The molecule has 85 heavy (non-hydrogen) atoms. The van der Waals surface area contributed by atoms with E-state index in [1.54, 1.807) is 0 Å². The highest BCUT2D eigenvalue weighted by Gasteiger charge is 2.50. The maximum atomic E-state index is 13.2. The molecule has 0 amide bonds. The first-order chi connectivity index (χ1) is 41.6. The van der Waals surface area contributed by atoms with Crippen LogP contribution in [-0.4, -0.2) is 89.2 Å². The van der Waals surface area contributed by atoms with Gasteiger partial charge >= 0.3 is 23.9 Å². The van der Waals surface area contributed by atoms with Crippen molar-refractivity contribution in [3.05, 3.63) is 85.1 Å². The van der Waals surface area contributed by atoms with Crippen LogP contribution >= 0.6 is 0 Å². The molecule has 0 aromatic heterocycles. The predicted octanol–water partition coefficient (Wildman–Crippen LogP) is 19.0. The number of esters is 3. The third-order valence-corrected chi connectivity index (χ3v) is 15.5. The van der Waals surface area contributed by atoms with Crippen molar-refractivity contribution in [2.24, 2.45) is 0 Å². The van der Waals surface area contributed by atoms with Crippen molar-refractivity contribution < 1.29 is 58.2 Å². The topological polar surface area (TPSA) is 175 Å². The van der Waals surface area contributed by atoms with Crippen molar-refractivity contribution in [2.75, 3.05) is 13.2 Å². The quantitative estimate of drug-likeness (QED) is 0.0228. The molecular formula is C73H124O12. The molecule has 12 nitrogen and oxygen atoms in total. The highest BCUT2D eigenvalue weighted by Crippen LogP contribution is 2.27. The zero-order valence-corrected chi connectivity index (χ0v) is 54.1. The number of unbranched alkanes of at least 4 members (excludes halogenated alkanes) is 31. The van der Waals surface area contributed by atoms with E-state index in [4.69, 9.17) is 23.7 Å². The van der Waals surface area contributed by atoms with Crippen LogP contribution in [0.4, 0.5) is 0 Å². The number of ether oxygens (including phenoxy) is 5. The molecule has 6 unspecified atom stereocenters. The van der Waals surface area contributed by atoms with Gasteiger partial charge < -0.3 is 39.0 Å². The fourth-order valence-corrected chi connectivity index (χ4v) is 10.2. The zero-order chi connectivity index (χ0) is 61.7. The lowest BCUT2D eigenvalue weighted by Gasteiger charge is -2.40. The number of carbonyl (C=O) groups is 4. The second-order valence-corrected chi connectivity index (χ2v) is 23.4. The van der Waals surface area contributed by atoms with Crippen molar-refractivity contribution in [3.63, 3.8) is 0 Å². The smallest absolute Gasteiger partial charge is 0.335 e. The Balaban J connectivity index is 2.66. The van der Waals surface area contributed by atoms with Gasteiger partial charge in [-0.2, -0.15) is 0 Å². The highest BCUT2D eigenvalue weighted by molar-refractivity contribution is 5.74. The third-order valence-electron chi connectivity index (χ3n) is 15.5. The van der Waals surface area contributed by atoms with Crippen LogP contribution in [0.5, 0.6) is 0 Å². The molecule has 1 aliphatic heterocycles. The van der Waals surface area contributed by atoms with E-state index >= 15 is 0 Å². The monoisotopic (exact) mass is 1190 g/mol. The minimum atomic E-state index is -1.91. The molecule has 0 bridgehead atoms. The van der Waals surface area contributed by atoms with Gasteiger partial charge in [-0.25, -0.2) is 4.79 Å². The van der Waals surface area contributed by atoms with Crippen LogP contribution in [-0.2, 0) is 42.9 Å². The maximum Gasteiger partial charge on any atom is 0.335 e. The standard InChI is InChI=1S/C73H124O12/c1-4-7-10-13-16-19-22-25-28-31-33-36-38-41-44-47-50-53-56-59-65(74)81-62-64(83-66(75)60-57-54-51-48-45-42-39-35-30-27-24-21-18-15-12-9-6-3)63-82-73-71(69(78)68(77)70(85-73)72(79)80)84-67(76)61-58-55-52-49-46-43-40-37-34-32-29-26-23-20-17-14-11-8-5-2/h9,12,16,18-19,21,25,27-28,30,33,36,39,42,64,68-71,73,77-78H,4-8,10-11,13-15,17,20,22-24,26,29,31-32,34-35,37-38,40-41,43-63H2,1-3H3,(H,79,80)/b12-9-,19-16-,21-18-,28-25-,30-27-,36-33-,42-39-. The number of hydrogen-bond donors (Lipinski definition) is 3. The Morgan fingerprint density at radius 1 is 0.400 bits per heavy atom. The Hall–Kier alpha value is -4.10. The average molecular weight is 1190 g/mol. The van der Waals surface area contributed by atoms with Crippen molar-refractivity contribution in [1.29, 1.82) is 0 Å². The Labute approximate surface area is 518 Å². The molecule has 1 saturated heterocycles. The zero-order valence-electron chi connectivity index (χ0n) is 54.1. The van der Waals surface area contributed by atoms with Gasteiger partial charge in [0.05, 0.1) is 6.61 Å². The molecule has 1 fully saturated rings. The Morgan fingerprint density at radius 3 is 1.15 bits per heavy atom. The summed E-state index contributed by atoms with van der Waals surface area (Å²) in [6.07, 6.45) is 66.8. The number of aliphatic carboxylic acids is 1. The lowest BCUT2D eigenvalue weighted by atomic mass is 9.98. The van der Waals surface area contributed by atoms with E-state index in [9.17, 15) is 34.5 Å². The summed E-state index contributed by atoms with van der Waals surface area (Å²) in [4.78, 5) is 51.5. The summed E-state index contributed by atoms with van der Waals surface area (Å²) in [6.45, 7) is 5.87. The molecule has 3 N–H and O–H groups in total. The minimum absolute atomic E-state index is 0.0573. The number of allylic oxidation sites excluding steroid dienone is 14. The fraction of sp³-hybridized carbons (Fsp3) is 0.753. The molecule has 0 spiro atoms. The second kappa shape index (κ2) is 60.2. The van der Waals surface area contributed by atoms with Crippen LogP contribution in [0.3, 0.4) is 0 Å². The number of aliphatic hydroxyl groups excluding tert-OH is 2. The van der Waals surface area contributed by atoms with Crippen molar-refractivity contribution in [3.8, 4) is 0 Å². The van der Waals surface area contributed by atoms with Gasteiger partial charge in [0, 0.05) is 19.3 Å². The summed E-state index contributed by atoms with van der Waals surface area (Å²) in [5, 5.41) is 31.7. The largest absolute Gasteiger partial charge is 0.479 e. The molecule has 12 heteroatoms. The van der Waals surface area contributed by atoms with Crippen molar-refractivity contribution >= 4 is 23.9 Å². The lowest BCUT2D eigenvalue weighted by molar-refractivity contribution is -0.301. The summed E-state index contributed by atoms with van der Waals surface area (Å²) >= 11 is 0. The number of hydrogen-bond acceptors (Lipinski definition) is 11. The van der Waals surface area contributed by atoms with E-state index in [1.165, 1.54) is 116 Å². The van der Waals surface area contributed by atoms with Crippen LogP contribution < -0.4 is 0 Å². The van der Waals surface area contributed by atoms with Gasteiger partial charge in [0.25, 0.3) is 0 Å². The van der Waals surface area contributed by atoms with Crippen LogP contribution in [0.1, 0.15) is 303 Å². The minimum Gasteiger partial charge on any atom is -0.479 e. The van der Waals surface area contributed by atoms with E-state index in [0.717, 1.165) is 128 Å². The van der Waals surface area contributed by atoms with E-state index < -0.39 is 67.3 Å². The third kappa shape index (κ3) is 49.6. The SMILES string of the molecule is CC/C=C\C/C=C\C/C=C\C/C=C\CCCCCCC(=O)OC(COC(=O)CCCCCCCC/C=C\C/C=C\C/C=C\CCCCC)COC1OC(C(=O)O)C(O)C(O)C1OC(=O)CCCCCCCCCCCCCCCCCCCCC. The van der Waals surface area contributed by atoms with E-state index in [2.05, 4.69) is 106 Å². The summed E-state index contributed by atoms with van der Waals surface area (Å²) in [5.74, 6) is -3.15. The highest BCUT2D eigenvalue weighted by atomic mass is 16.7. The Bertz CT molecular complexity index is 1800. The summed E-state index contributed by atoms with van der Waals surface area (Å²) < 4.78 is 28.6. The lowest BCUT2D eigenvalue weighted by Crippen LogP contribution is -2.61. The molecule has 0 aromatic rings. The number of aliphatic hydroxyl groups is 2. The number of carbonyl (C=O) groups excluding carboxylic acids is 3. The normalized spacial score (nSPS) is 18.0. The number of carboxylic acids is 1. The van der Waals surface area contributed by atoms with Crippen LogP contribution in [0.2, 0.25) is 0 Å². The van der Waals surface area contributed by atoms with Gasteiger partial charge in [0.15, 0.2) is 24.6 Å². The predicted molar refractivity (Wildman–Crippen MR) is 349 cm³/mol. The number of rotatable bonds is 59.